The van der Waals surface area contributed by atoms with Gasteiger partial charge in [0.1, 0.15) is 12.4 Å². The van der Waals surface area contributed by atoms with Crippen LogP contribution < -0.4 is 4.74 Å². The van der Waals surface area contributed by atoms with Gasteiger partial charge >= 0.3 is 0 Å². The van der Waals surface area contributed by atoms with Gasteiger partial charge in [0.05, 0.1) is 27.2 Å². The minimum Gasteiger partial charge on any atom is -0.503 e. The topological polar surface area (TPSA) is 79.7 Å². The van der Waals surface area contributed by atoms with Crippen LogP contribution in [0.3, 0.4) is 0 Å². The maximum absolute atomic E-state index is 13.6. The highest BCUT2D eigenvalue weighted by Crippen LogP contribution is 2.41. The number of ether oxygens (including phenoxy) is 1. The number of nitrogens with zero attached hydrogens (tertiary/aromatic N) is 2. The monoisotopic (exact) mass is 474 g/mol. The normalized spacial score (nSPS) is 15.6. The molecule has 1 aromatic heterocycles. The van der Waals surface area contributed by atoms with Crippen LogP contribution in [0.5, 0.6) is 5.75 Å². The standard InChI is InChI=1S/C27H26N2O4S/c1-4-15-33-21-12-8-11-20(16-21)23-22(24(30)26-17(2)28-18(3)34-26)25(31)27(32)29(23)14-13-19-9-6-5-7-10-19/h4-12,16,23,31H,1,13-15H2,2-3H3. The van der Waals surface area contributed by atoms with Crippen molar-refractivity contribution in [2.75, 3.05) is 13.2 Å². The number of carbonyl (C=O) groups is 2. The Labute approximate surface area is 202 Å². The summed E-state index contributed by atoms with van der Waals surface area (Å²) in [5, 5.41) is 11.7. The number of hydrogen-bond acceptors (Lipinski definition) is 6. The van der Waals surface area contributed by atoms with Crippen molar-refractivity contribution in [3.05, 3.63) is 105 Å². The summed E-state index contributed by atoms with van der Waals surface area (Å²) in [5.74, 6) is -0.846. The second kappa shape index (κ2) is 10.1. The summed E-state index contributed by atoms with van der Waals surface area (Å²) >= 11 is 1.26. The number of aliphatic hydroxyl groups excluding tert-OH is 1. The average molecular weight is 475 g/mol. The van der Waals surface area contributed by atoms with E-state index in [0.29, 0.717) is 41.5 Å². The number of thiazole rings is 1. The molecule has 1 unspecified atom stereocenters. The fourth-order valence-electron chi connectivity index (χ4n) is 4.15. The van der Waals surface area contributed by atoms with Crippen molar-refractivity contribution in [2.45, 2.75) is 26.3 Å². The van der Waals surface area contributed by atoms with Gasteiger partial charge < -0.3 is 14.7 Å². The minimum atomic E-state index is -0.738. The molecule has 1 amide bonds. The number of ketones is 1. The Morgan fingerprint density at radius 2 is 1.97 bits per heavy atom. The van der Waals surface area contributed by atoms with Crippen LogP contribution in [0, 0.1) is 13.8 Å². The summed E-state index contributed by atoms with van der Waals surface area (Å²) in [6.07, 6.45) is 2.23. The average Bonchev–Trinajstić information content (AvgIpc) is 3.31. The Morgan fingerprint density at radius 3 is 2.65 bits per heavy atom. The summed E-state index contributed by atoms with van der Waals surface area (Å²) < 4.78 is 5.68. The van der Waals surface area contributed by atoms with Crippen LogP contribution >= 0.6 is 11.3 Å². The van der Waals surface area contributed by atoms with Crippen molar-refractivity contribution >= 4 is 23.0 Å². The first kappa shape index (κ1) is 23.4. The van der Waals surface area contributed by atoms with Gasteiger partial charge in [-0.3, -0.25) is 9.59 Å². The highest BCUT2D eigenvalue weighted by molar-refractivity contribution is 7.14. The van der Waals surface area contributed by atoms with E-state index in [-0.39, 0.29) is 11.4 Å². The zero-order valence-electron chi connectivity index (χ0n) is 19.2. The number of carbonyl (C=O) groups excluding carboxylic acids is 2. The van der Waals surface area contributed by atoms with Crippen LogP contribution in [-0.2, 0) is 11.2 Å². The molecule has 0 fully saturated rings. The molecule has 0 aliphatic carbocycles. The number of hydrogen-bond donors (Lipinski definition) is 1. The number of aromatic nitrogens is 1. The van der Waals surface area contributed by atoms with E-state index in [2.05, 4.69) is 11.6 Å². The van der Waals surface area contributed by atoms with Crippen molar-refractivity contribution < 1.29 is 19.4 Å². The van der Waals surface area contributed by atoms with Crippen LogP contribution in [-0.4, -0.2) is 39.8 Å². The van der Waals surface area contributed by atoms with Gasteiger partial charge in [0.25, 0.3) is 5.91 Å². The Balaban J connectivity index is 1.75. The zero-order chi connectivity index (χ0) is 24.2. The third kappa shape index (κ3) is 4.65. The van der Waals surface area contributed by atoms with Crippen LogP contribution in [0.4, 0.5) is 0 Å². The SMILES string of the molecule is C=CCOc1cccc(C2C(C(=O)c3sc(C)nc3C)=C(O)C(=O)N2CCc2ccccc2)c1. The molecule has 6 nitrogen and oxygen atoms in total. The molecule has 0 saturated carbocycles. The fraction of sp³-hybridized carbons (Fsp3) is 0.222. The second-order valence-electron chi connectivity index (χ2n) is 8.05. The smallest absolute Gasteiger partial charge is 0.290 e. The van der Waals surface area contributed by atoms with E-state index in [1.807, 2.05) is 49.4 Å². The van der Waals surface area contributed by atoms with E-state index >= 15 is 0 Å². The van der Waals surface area contributed by atoms with Crippen LogP contribution in [0.15, 0.2) is 78.6 Å². The number of benzene rings is 2. The van der Waals surface area contributed by atoms with Gasteiger partial charge in [0, 0.05) is 6.54 Å². The Morgan fingerprint density at radius 1 is 1.21 bits per heavy atom. The molecule has 1 atom stereocenters. The Kier molecular flexibility index (Phi) is 6.93. The quantitative estimate of drug-likeness (QED) is 0.343. The van der Waals surface area contributed by atoms with Gasteiger partial charge in [-0.1, -0.05) is 55.1 Å². The predicted molar refractivity (Wildman–Crippen MR) is 132 cm³/mol. The maximum Gasteiger partial charge on any atom is 0.290 e. The molecular weight excluding hydrogens is 448 g/mol. The first-order chi connectivity index (χ1) is 16.4. The molecule has 4 rings (SSSR count). The summed E-state index contributed by atoms with van der Waals surface area (Å²) in [7, 11) is 0. The summed E-state index contributed by atoms with van der Waals surface area (Å²) in [5.41, 5.74) is 2.41. The van der Waals surface area contributed by atoms with Crippen molar-refractivity contribution in [3.63, 3.8) is 0 Å². The highest BCUT2D eigenvalue weighted by atomic mass is 32.1. The molecule has 1 N–H and O–H groups in total. The van der Waals surface area contributed by atoms with Crippen molar-refractivity contribution in [3.8, 4) is 5.75 Å². The van der Waals surface area contributed by atoms with Crippen LogP contribution in [0.1, 0.15) is 37.5 Å². The number of aliphatic hydroxyl groups is 1. The lowest BCUT2D eigenvalue weighted by molar-refractivity contribution is -0.129. The van der Waals surface area contributed by atoms with Crippen LogP contribution in [0.25, 0.3) is 0 Å². The second-order valence-corrected chi connectivity index (χ2v) is 9.25. The van der Waals surface area contributed by atoms with Gasteiger partial charge in [0.15, 0.2) is 5.76 Å². The molecule has 1 aliphatic heterocycles. The number of amides is 1. The molecule has 34 heavy (non-hydrogen) atoms. The summed E-state index contributed by atoms with van der Waals surface area (Å²) in [6, 6.07) is 16.3. The van der Waals surface area contributed by atoms with Gasteiger partial charge in [-0.05, 0) is 43.5 Å². The molecule has 0 spiro atoms. The number of aryl methyl sites for hydroxylation is 2. The molecule has 1 aliphatic rings. The zero-order valence-corrected chi connectivity index (χ0v) is 20.0. The van der Waals surface area contributed by atoms with Gasteiger partial charge in [-0.15, -0.1) is 11.3 Å². The molecule has 2 aromatic carbocycles. The minimum absolute atomic E-state index is 0.0747. The molecule has 7 heteroatoms. The summed E-state index contributed by atoms with van der Waals surface area (Å²) in [4.78, 5) is 33.2. The van der Waals surface area contributed by atoms with Gasteiger partial charge in [-0.2, -0.15) is 0 Å². The maximum atomic E-state index is 13.6. The largest absolute Gasteiger partial charge is 0.503 e. The van der Waals surface area contributed by atoms with E-state index in [0.717, 1.165) is 10.6 Å². The first-order valence-electron chi connectivity index (χ1n) is 11.0. The lowest BCUT2D eigenvalue weighted by Gasteiger charge is -2.27. The molecular formula is C27H26N2O4S. The summed E-state index contributed by atoms with van der Waals surface area (Å²) in [6.45, 7) is 7.93. The number of rotatable bonds is 9. The molecule has 0 bridgehead atoms. The van der Waals surface area contributed by atoms with E-state index in [4.69, 9.17) is 4.74 Å². The molecule has 174 valence electrons. The Bertz CT molecular complexity index is 1260. The molecule has 2 heterocycles. The molecule has 3 aromatic rings. The fourth-order valence-corrected chi connectivity index (χ4v) is 5.02. The predicted octanol–water partition coefficient (Wildman–Crippen LogP) is 5.15. The van der Waals surface area contributed by atoms with Gasteiger partial charge in [-0.25, -0.2) is 4.98 Å². The van der Waals surface area contributed by atoms with Crippen molar-refractivity contribution in [1.29, 1.82) is 0 Å². The number of Topliss-reactive ketones (excluding diaryl/α,β-unsaturated/α-hetero) is 1. The lowest BCUT2D eigenvalue weighted by atomic mass is 9.94. The van der Waals surface area contributed by atoms with E-state index < -0.39 is 17.7 Å². The third-order valence-electron chi connectivity index (χ3n) is 5.68. The van der Waals surface area contributed by atoms with E-state index in [1.165, 1.54) is 11.3 Å². The van der Waals surface area contributed by atoms with Crippen LogP contribution in [0.2, 0.25) is 0 Å². The highest BCUT2D eigenvalue weighted by Gasteiger charge is 2.44. The van der Waals surface area contributed by atoms with Crippen molar-refractivity contribution in [2.24, 2.45) is 0 Å². The first-order valence-corrected chi connectivity index (χ1v) is 11.8. The molecule has 0 radical (unpaired) electrons. The molecule has 0 saturated heterocycles. The Hall–Kier alpha value is -3.71. The van der Waals surface area contributed by atoms with Crippen molar-refractivity contribution in [1.82, 2.24) is 9.88 Å². The van der Waals surface area contributed by atoms with Gasteiger partial charge in [0.2, 0.25) is 5.78 Å². The van der Waals surface area contributed by atoms with E-state index in [1.54, 1.807) is 30.0 Å². The lowest BCUT2D eigenvalue weighted by Crippen LogP contribution is -2.33. The third-order valence-corrected chi connectivity index (χ3v) is 6.76. The van der Waals surface area contributed by atoms with E-state index in [9.17, 15) is 14.7 Å².